The van der Waals surface area contributed by atoms with Gasteiger partial charge in [-0.25, -0.2) is 0 Å². The molecule has 2 rings (SSSR count). The van der Waals surface area contributed by atoms with Crippen molar-refractivity contribution < 1.29 is 0 Å². The number of rotatable bonds is 4. The van der Waals surface area contributed by atoms with Crippen LogP contribution < -0.4 is 5.32 Å². The SMILES string of the molecule is CSC1CCCCC1N=C1NC(CC(C)C)CS1. The molecule has 4 heteroatoms. The number of nitrogens with zero attached hydrogens (tertiary/aromatic N) is 1. The van der Waals surface area contributed by atoms with Gasteiger partial charge in [-0.2, -0.15) is 11.8 Å². The van der Waals surface area contributed by atoms with Crippen molar-refractivity contribution in [2.75, 3.05) is 12.0 Å². The predicted molar refractivity (Wildman–Crippen MR) is 85.8 cm³/mol. The first kappa shape index (κ1) is 14.6. The van der Waals surface area contributed by atoms with Gasteiger partial charge in [0.05, 0.1) is 6.04 Å². The highest BCUT2D eigenvalue weighted by Gasteiger charge is 2.27. The number of thioether (sulfide) groups is 2. The van der Waals surface area contributed by atoms with Crippen molar-refractivity contribution in [1.82, 2.24) is 5.32 Å². The molecule has 2 aliphatic rings. The van der Waals surface area contributed by atoms with Crippen molar-refractivity contribution in [3.05, 3.63) is 0 Å². The first-order valence-corrected chi connectivity index (χ1v) is 9.46. The van der Waals surface area contributed by atoms with Crippen LogP contribution in [0.5, 0.6) is 0 Å². The van der Waals surface area contributed by atoms with Crippen molar-refractivity contribution in [3.63, 3.8) is 0 Å². The largest absolute Gasteiger partial charge is 0.361 e. The number of hydrogen-bond acceptors (Lipinski definition) is 3. The van der Waals surface area contributed by atoms with Crippen molar-refractivity contribution in [2.45, 2.75) is 63.3 Å². The summed E-state index contributed by atoms with van der Waals surface area (Å²) in [5, 5.41) is 5.58. The summed E-state index contributed by atoms with van der Waals surface area (Å²) < 4.78 is 0. The lowest BCUT2D eigenvalue weighted by Crippen LogP contribution is -2.31. The fraction of sp³-hybridized carbons (Fsp3) is 0.929. The Balaban J connectivity index is 1.89. The average molecular weight is 287 g/mol. The minimum absolute atomic E-state index is 0.557. The Labute approximate surface area is 120 Å². The molecule has 0 spiro atoms. The van der Waals surface area contributed by atoms with Gasteiger partial charge in [0.1, 0.15) is 0 Å². The molecular weight excluding hydrogens is 260 g/mol. The van der Waals surface area contributed by atoms with Gasteiger partial charge in [-0.1, -0.05) is 38.5 Å². The highest BCUT2D eigenvalue weighted by molar-refractivity contribution is 8.14. The van der Waals surface area contributed by atoms with E-state index < -0.39 is 0 Å². The maximum Gasteiger partial charge on any atom is 0.157 e. The molecule has 1 aliphatic heterocycles. The third-order valence-electron chi connectivity index (χ3n) is 3.76. The smallest absolute Gasteiger partial charge is 0.157 e. The highest BCUT2D eigenvalue weighted by atomic mass is 32.2. The van der Waals surface area contributed by atoms with Crippen LogP contribution in [0.2, 0.25) is 0 Å². The third kappa shape index (κ3) is 4.09. The number of hydrogen-bond donors (Lipinski definition) is 1. The molecule has 1 saturated carbocycles. The van der Waals surface area contributed by atoms with Gasteiger partial charge in [0, 0.05) is 17.0 Å². The van der Waals surface area contributed by atoms with Crippen LogP contribution in [-0.4, -0.2) is 34.5 Å². The van der Waals surface area contributed by atoms with Gasteiger partial charge in [0.15, 0.2) is 5.17 Å². The Morgan fingerprint density at radius 3 is 2.89 bits per heavy atom. The molecule has 18 heavy (non-hydrogen) atoms. The topological polar surface area (TPSA) is 24.4 Å². The third-order valence-corrected chi connectivity index (χ3v) is 5.98. The molecule has 1 saturated heterocycles. The fourth-order valence-corrected chi connectivity index (χ4v) is 4.81. The summed E-state index contributed by atoms with van der Waals surface area (Å²) in [6.07, 6.45) is 8.89. The lowest BCUT2D eigenvalue weighted by atomic mass is 9.95. The molecule has 104 valence electrons. The quantitative estimate of drug-likeness (QED) is 0.851. The van der Waals surface area contributed by atoms with E-state index in [1.54, 1.807) is 0 Å². The van der Waals surface area contributed by atoms with E-state index in [1.807, 2.05) is 23.5 Å². The van der Waals surface area contributed by atoms with Gasteiger partial charge in [-0.05, 0) is 31.4 Å². The molecule has 2 fully saturated rings. The molecule has 0 aromatic rings. The monoisotopic (exact) mass is 286 g/mol. The Morgan fingerprint density at radius 2 is 2.17 bits per heavy atom. The van der Waals surface area contributed by atoms with Gasteiger partial charge in [0.2, 0.25) is 0 Å². The summed E-state index contributed by atoms with van der Waals surface area (Å²) in [5.41, 5.74) is 0. The minimum atomic E-state index is 0.557. The maximum atomic E-state index is 4.99. The Bertz CT molecular complexity index is 292. The lowest BCUT2D eigenvalue weighted by Gasteiger charge is -2.27. The Hall–Kier alpha value is 0.170. The van der Waals surface area contributed by atoms with E-state index in [4.69, 9.17) is 4.99 Å². The molecule has 0 amide bonds. The number of amidine groups is 1. The molecule has 0 radical (unpaired) electrons. The van der Waals surface area contributed by atoms with E-state index in [1.165, 1.54) is 43.0 Å². The van der Waals surface area contributed by atoms with Crippen molar-refractivity contribution in [3.8, 4) is 0 Å². The summed E-state index contributed by atoms with van der Waals surface area (Å²) in [6.45, 7) is 4.60. The van der Waals surface area contributed by atoms with Gasteiger partial charge < -0.3 is 5.32 Å². The van der Waals surface area contributed by atoms with Crippen molar-refractivity contribution in [1.29, 1.82) is 0 Å². The van der Waals surface area contributed by atoms with E-state index in [-0.39, 0.29) is 0 Å². The van der Waals surface area contributed by atoms with Crippen molar-refractivity contribution in [2.24, 2.45) is 10.9 Å². The molecule has 3 atom stereocenters. The van der Waals surface area contributed by atoms with Crippen LogP contribution in [-0.2, 0) is 0 Å². The summed E-state index contributed by atoms with van der Waals surface area (Å²) >= 11 is 3.93. The second-order valence-corrected chi connectivity index (χ2v) is 7.93. The molecule has 2 nitrogen and oxygen atoms in total. The zero-order valence-corrected chi connectivity index (χ0v) is 13.4. The molecule has 1 heterocycles. The highest BCUT2D eigenvalue weighted by Crippen LogP contribution is 2.30. The Morgan fingerprint density at radius 1 is 1.39 bits per heavy atom. The summed E-state index contributed by atoms with van der Waals surface area (Å²) in [6, 6.07) is 1.20. The summed E-state index contributed by atoms with van der Waals surface area (Å²) in [4.78, 5) is 4.99. The fourth-order valence-electron chi connectivity index (χ4n) is 2.86. The van der Waals surface area contributed by atoms with E-state index in [2.05, 4.69) is 25.4 Å². The average Bonchev–Trinajstić information content (AvgIpc) is 2.76. The van der Waals surface area contributed by atoms with Crippen molar-refractivity contribution >= 4 is 28.7 Å². The summed E-state index contributed by atoms with van der Waals surface area (Å²) in [7, 11) is 0. The van der Waals surface area contributed by atoms with Crippen LogP contribution in [0.3, 0.4) is 0 Å². The van der Waals surface area contributed by atoms with Gasteiger partial charge in [-0.15, -0.1) is 0 Å². The van der Waals surface area contributed by atoms with Crippen LogP contribution >= 0.6 is 23.5 Å². The molecule has 3 unspecified atom stereocenters. The van der Waals surface area contributed by atoms with Crippen LogP contribution in [0, 0.1) is 5.92 Å². The lowest BCUT2D eigenvalue weighted by molar-refractivity contribution is 0.453. The zero-order valence-electron chi connectivity index (χ0n) is 11.8. The van der Waals surface area contributed by atoms with E-state index in [9.17, 15) is 0 Å². The molecule has 0 aromatic carbocycles. The van der Waals surface area contributed by atoms with Crippen LogP contribution in [0.1, 0.15) is 46.0 Å². The molecule has 1 aliphatic carbocycles. The molecule has 0 bridgehead atoms. The second kappa shape index (κ2) is 7.09. The van der Waals surface area contributed by atoms with Crippen LogP contribution in [0.25, 0.3) is 0 Å². The predicted octanol–water partition coefficient (Wildman–Crippen LogP) is 3.77. The van der Waals surface area contributed by atoms with Gasteiger partial charge in [0.25, 0.3) is 0 Å². The second-order valence-electron chi connectivity index (χ2n) is 5.84. The molecule has 1 N–H and O–H groups in total. The summed E-state index contributed by atoms with van der Waals surface area (Å²) in [5.74, 6) is 1.98. The maximum absolute atomic E-state index is 4.99. The standard InChI is InChI=1S/C14H26N2S2/c1-10(2)8-11-9-18-14(15-11)16-12-6-4-5-7-13(12)17-3/h10-13H,4-9H2,1-3H3,(H,15,16). The van der Waals surface area contributed by atoms with Crippen LogP contribution in [0.4, 0.5) is 0 Å². The van der Waals surface area contributed by atoms with E-state index in [0.29, 0.717) is 12.1 Å². The Kier molecular flexibility index (Phi) is 5.74. The molecular formula is C14H26N2S2. The normalized spacial score (nSPS) is 35.1. The zero-order chi connectivity index (χ0) is 13.0. The first-order valence-electron chi connectivity index (χ1n) is 7.19. The first-order chi connectivity index (χ1) is 8.69. The van der Waals surface area contributed by atoms with Crippen LogP contribution in [0.15, 0.2) is 4.99 Å². The van der Waals surface area contributed by atoms with E-state index >= 15 is 0 Å². The number of aliphatic imine (C=N–C) groups is 1. The van der Waals surface area contributed by atoms with Gasteiger partial charge >= 0.3 is 0 Å². The van der Waals surface area contributed by atoms with E-state index in [0.717, 1.165) is 11.2 Å². The minimum Gasteiger partial charge on any atom is -0.361 e. The number of nitrogens with one attached hydrogen (secondary N) is 1. The molecule has 0 aromatic heterocycles. The van der Waals surface area contributed by atoms with Gasteiger partial charge in [-0.3, -0.25) is 4.99 Å².